The molecular weight excluding hydrogens is 460 g/mol. The second kappa shape index (κ2) is 9.58. The lowest BCUT2D eigenvalue weighted by atomic mass is 9.42. The Balaban J connectivity index is 1.70. The van der Waals surface area contributed by atoms with Gasteiger partial charge in [0.25, 0.3) is 0 Å². The molecular formula is C29H50O7. The van der Waals surface area contributed by atoms with E-state index in [0.29, 0.717) is 35.7 Å². The summed E-state index contributed by atoms with van der Waals surface area (Å²) in [5.41, 5.74) is -5.69. The van der Waals surface area contributed by atoms with Crippen LogP contribution < -0.4 is 0 Å². The predicted molar refractivity (Wildman–Crippen MR) is 137 cm³/mol. The molecule has 0 saturated heterocycles. The van der Waals surface area contributed by atoms with E-state index < -0.39 is 54.1 Å². The first-order chi connectivity index (χ1) is 16.7. The lowest BCUT2D eigenvalue weighted by Gasteiger charge is -2.67. The maximum Gasteiger partial charge on any atom is 0.123 e. The summed E-state index contributed by atoms with van der Waals surface area (Å²) >= 11 is 0. The molecule has 0 radical (unpaired) electrons. The molecule has 208 valence electrons. The van der Waals surface area contributed by atoms with E-state index in [4.69, 9.17) is 0 Å². The number of rotatable bonds is 7. The number of fused-ring (bicyclic) bond motifs is 5. The van der Waals surface area contributed by atoms with Crippen molar-refractivity contribution in [2.24, 2.45) is 40.4 Å². The molecule has 0 aromatic rings. The van der Waals surface area contributed by atoms with Gasteiger partial charge in [0.15, 0.2) is 0 Å². The van der Waals surface area contributed by atoms with Gasteiger partial charge in [-0.25, -0.2) is 0 Å². The molecule has 0 bridgehead atoms. The smallest absolute Gasteiger partial charge is 0.123 e. The summed E-state index contributed by atoms with van der Waals surface area (Å²) in [5.74, 6) is 2.00. The molecule has 4 aliphatic rings. The molecule has 36 heavy (non-hydrogen) atoms. The van der Waals surface area contributed by atoms with Crippen LogP contribution in [0.5, 0.6) is 0 Å². The summed E-state index contributed by atoms with van der Waals surface area (Å²) in [7, 11) is 0. The Labute approximate surface area is 216 Å². The van der Waals surface area contributed by atoms with Gasteiger partial charge in [0.05, 0.1) is 30.3 Å². The van der Waals surface area contributed by atoms with E-state index in [1.165, 1.54) is 12.5 Å². The molecule has 0 aromatic heterocycles. The van der Waals surface area contributed by atoms with Crippen LogP contribution in [-0.4, -0.2) is 78.0 Å². The van der Waals surface area contributed by atoms with Crippen molar-refractivity contribution in [1.82, 2.24) is 0 Å². The molecule has 3 saturated carbocycles. The first-order valence-electron chi connectivity index (χ1n) is 14.2. The van der Waals surface area contributed by atoms with E-state index in [0.717, 1.165) is 25.7 Å². The number of aliphatic hydroxyl groups is 7. The van der Waals surface area contributed by atoms with Crippen LogP contribution in [0.3, 0.4) is 0 Å². The molecule has 0 amide bonds. The van der Waals surface area contributed by atoms with Gasteiger partial charge in [-0.2, -0.15) is 0 Å². The number of aliphatic hydroxyl groups excluding tert-OH is 5. The molecule has 7 heteroatoms. The van der Waals surface area contributed by atoms with E-state index in [1.807, 2.05) is 0 Å². The van der Waals surface area contributed by atoms with Crippen molar-refractivity contribution in [3.05, 3.63) is 11.6 Å². The third kappa shape index (κ3) is 3.71. The Morgan fingerprint density at radius 3 is 2.17 bits per heavy atom. The van der Waals surface area contributed by atoms with Crippen LogP contribution >= 0.6 is 0 Å². The van der Waals surface area contributed by atoms with Crippen molar-refractivity contribution in [3.8, 4) is 0 Å². The van der Waals surface area contributed by atoms with Gasteiger partial charge < -0.3 is 35.7 Å². The Bertz CT molecular complexity index is 845. The summed E-state index contributed by atoms with van der Waals surface area (Å²) in [6.07, 6.45) is 0.952. The normalized spacial score (nSPS) is 50.2. The molecule has 3 fully saturated rings. The Morgan fingerprint density at radius 2 is 1.58 bits per heavy atom. The zero-order valence-electron chi connectivity index (χ0n) is 22.8. The monoisotopic (exact) mass is 510 g/mol. The molecule has 0 aliphatic heterocycles. The van der Waals surface area contributed by atoms with E-state index in [2.05, 4.69) is 34.6 Å². The van der Waals surface area contributed by atoms with Crippen LogP contribution in [0.4, 0.5) is 0 Å². The summed E-state index contributed by atoms with van der Waals surface area (Å²) in [4.78, 5) is 0. The zero-order chi connectivity index (χ0) is 26.8. The minimum atomic E-state index is -2.08. The molecule has 7 N–H and O–H groups in total. The molecule has 7 nitrogen and oxygen atoms in total. The van der Waals surface area contributed by atoms with Crippen LogP contribution in [0.15, 0.2) is 11.6 Å². The van der Waals surface area contributed by atoms with Crippen molar-refractivity contribution in [3.63, 3.8) is 0 Å². The van der Waals surface area contributed by atoms with Crippen LogP contribution in [0, 0.1) is 40.4 Å². The fourth-order valence-electron chi connectivity index (χ4n) is 9.39. The van der Waals surface area contributed by atoms with Crippen molar-refractivity contribution in [2.75, 3.05) is 6.61 Å². The maximum atomic E-state index is 12.3. The highest BCUT2D eigenvalue weighted by Crippen LogP contribution is 2.69. The van der Waals surface area contributed by atoms with Gasteiger partial charge in [-0.15, -0.1) is 0 Å². The third-order valence-corrected chi connectivity index (χ3v) is 11.7. The van der Waals surface area contributed by atoms with Gasteiger partial charge in [-0.3, -0.25) is 0 Å². The van der Waals surface area contributed by atoms with Gasteiger partial charge in [0.2, 0.25) is 0 Å². The summed E-state index contributed by atoms with van der Waals surface area (Å²) in [5, 5.41) is 78.3. The van der Waals surface area contributed by atoms with Crippen LogP contribution in [0.1, 0.15) is 86.0 Å². The zero-order valence-corrected chi connectivity index (χ0v) is 22.8. The third-order valence-electron chi connectivity index (χ3n) is 11.7. The average Bonchev–Trinajstić information content (AvgIpc) is 3.14. The summed E-state index contributed by atoms with van der Waals surface area (Å²) in [6.45, 7) is 10.6. The SMILES string of the molecule is CCC(CCC(C)C1CCC2C3=CC(O)C4(O)CC(O)C(O)CC4(CO)C3(O)C(O)CC21C)C(C)C. The van der Waals surface area contributed by atoms with Gasteiger partial charge in [-0.1, -0.05) is 53.5 Å². The summed E-state index contributed by atoms with van der Waals surface area (Å²) in [6, 6.07) is 0. The van der Waals surface area contributed by atoms with Crippen molar-refractivity contribution in [2.45, 2.75) is 122 Å². The van der Waals surface area contributed by atoms with Crippen molar-refractivity contribution in [1.29, 1.82) is 0 Å². The second-order valence-electron chi connectivity index (χ2n) is 13.5. The Kier molecular flexibility index (Phi) is 7.58. The van der Waals surface area contributed by atoms with Crippen LogP contribution in [0.2, 0.25) is 0 Å². The summed E-state index contributed by atoms with van der Waals surface area (Å²) < 4.78 is 0. The maximum absolute atomic E-state index is 12.3. The van der Waals surface area contributed by atoms with Crippen LogP contribution in [0.25, 0.3) is 0 Å². The molecule has 12 unspecified atom stereocenters. The van der Waals surface area contributed by atoms with E-state index in [-0.39, 0.29) is 17.8 Å². The average molecular weight is 511 g/mol. The first-order valence-corrected chi connectivity index (χ1v) is 14.2. The van der Waals surface area contributed by atoms with Gasteiger partial charge in [-0.05, 0) is 72.7 Å². The van der Waals surface area contributed by atoms with E-state index in [9.17, 15) is 35.7 Å². The van der Waals surface area contributed by atoms with Crippen molar-refractivity contribution >= 4 is 0 Å². The van der Waals surface area contributed by atoms with Crippen LogP contribution in [-0.2, 0) is 0 Å². The fourth-order valence-corrected chi connectivity index (χ4v) is 9.39. The van der Waals surface area contributed by atoms with E-state index >= 15 is 0 Å². The molecule has 0 spiro atoms. The quantitative estimate of drug-likeness (QED) is 0.260. The molecule has 4 aliphatic carbocycles. The highest BCUT2D eigenvalue weighted by molar-refractivity contribution is 5.43. The first kappa shape index (κ1) is 28.5. The lowest BCUT2D eigenvalue weighted by molar-refractivity contribution is -0.311. The van der Waals surface area contributed by atoms with E-state index in [1.54, 1.807) is 0 Å². The highest BCUT2D eigenvalue weighted by atomic mass is 16.4. The fraction of sp³-hybridized carbons (Fsp3) is 0.931. The molecule has 4 rings (SSSR count). The van der Waals surface area contributed by atoms with Gasteiger partial charge >= 0.3 is 0 Å². The van der Waals surface area contributed by atoms with Crippen molar-refractivity contribution < 1.29 is 35.7 Å². The minimum Gasteiger partial charge on any atom is -0.396 e. The standard InChI is InChI=1S/C29H50O7/c1-6-18(16(2)3)8-7-17(4)19-9-10-20-21-11-24(33)28(35)13-23(32)22(31)12-27(28,15-30)29(21,36)25(34)14-26(19,20)5/h11,16-20,22-25,30-36H,6-10,12-15H2,1-5H3. The second-order valence-corrected chi connectivity index (χ2v) is 13.5. The predicted octanol–water partition coefficient (Wildman–Crippen LogP) is 2.14. The molecule has 12 atom stereocenters. The Hall–Kier alpha value is -0.540. The topological polar surface area (TPSA) is 142 Å². The van der Waals surface area contributed by atoms with Gasteiger partial charge in [0, 0.05) is 6.42 Å². The highest BCUT2D eigenvalue weighted by Gasteiger charge is 2.76. The van der Waals surface area contributed by atoms with Gasteiger partial charge in [0.1, 0.15) is 17.3 Å². The number of hydrogen-bond acceptors (Lipinski definition) is 7. The number of hydrogen-bond donors (Lipinski definition) is 7. The molecule has 0 aromatic carbocycles. The Morgan fingerprint density at radius 1 is 0.944 bits per heavy atom. The molecule has 0 heterocycles. The lowest BCUT2D eigenvalue weighted by Crippen LogP contribution is -2.79. The minimum absolute atomic E-state index is 0.114. The largest absolute Gasteiger partial charge is 0.396 e.